The van der Waals surface area contributed by atoms with Gasteiger partial charge in [-0.1, -0.05) is 26.3 Å². The Bertz CT molecular complexity index is 350. The minimum atomic E-state index is -3.53. The maximum Gasteiger partial charge on any atom is 0.322 e. The minimum Gasteiger partial charge on any atom is -0.480 e. The van der Waals surface area contributed by atoms with Gasteiger partial charge in [0.2, 0.25) is 10.0 Å². The molecule has 2 atom stereocenters. The van der Waals surface area contributed by atoms with E-state index in [4.69, 9.17) is 5.11 Å². The van der Waals surface area contributed by atoms with Crippen molar-refractivity contribution in [1.29, 1.82) is 0 Å². The second-order valence-corrected chi connectivity index (χ2v) is 5.94. The Morgan fingerprint density at radius 3 is 2.53 bits per heavy atom. The zero-order chi connectivity index (χ0) is 13.5. The molecule has 0 saturated heterocycles. The number of hydrogen-bond acceptors (Lipinski definition) is 3. The monoisotopic (exact) mass is 263 g/mol. The summed E-state index contributed by atoms with van der Waals surface area (Å²) in [6.45, 7) is 7.04. The Kier molecular flexibility index (Phi) is 7.06. The smallest absolute Gasteiger partial charge is 0.322 e. The topological polar surface area (TPSA) is 83.5 Å². The number of nitrogens with one attached hydrogen (secondary N) is 1. The largest absolute Gasteiger partial charge is 0.480 e. The first kappa shape index (κ1) is 16.1. The number of carbonyl (C=O) groups is 1. The highest BCUT2D eigenvalue weighted by Crippen LogP contribution is 2.09. The molecule has 0 amide bonds. The third-order valence-corrected chi connectivity index (χ3v) is 4.05. The second kappa shape index (κ2) is 7.45. The van der Waals surface area contributed by atoms with Crippen LogP contribution >= 0.6 is 0 Å². The maximum absolute atomic E-state index is 11.6. The molecule has 0 aromatic carbocycles. The summed E-state index contributed by atoms with van der Waals surface area (Å²) in [6.07, 6.45) is 3.29. The zero-order valence-corrected chi connectivity index (χ0v) is 11.2. The molecule has 6 heteroatoms. The van der Waals surface area contributed by atoms with Gasteiger partial charge in [0.15, 0.2) is 0 Å². The van der Waals surface area contributed by atoms with E-state index in [2.05, 4.69) is 11.3 Å². The Balaban J connectivity index is 4.53. The highest BCUT2D eigenvalue weighted by Gasteiger charge is 2.27. The zero-order valence-electron chi connectivity index (χ0n) is 10.3. The van der Waals surface area contributed by atoms with Crippen LogP contribution in [0.2, 0.25) is 0 Å². The van der Waals surface area contributed by atoms with Crippen molar-refractivity contribution in [1.82, 2.24) is 4.72 Å². The van der Waals surface area contributed by atoms with E-state index in [-0.39, 0.29) is 11.7 Å². The average molecular weight is 263 g/mol. The number of carboxylic acids is 1. The summed E-state index contributed by atoms with van der Waals surface area (Å²) in [6, 6.07) is -1.05. The molecule has 0 bridgehead atoms. The Morgan fingerprint density at radius 2 is 2.12 bits per heavy atom. The third kappa shape index (κ3) is 6.43. The molecule has 0 radical (unpaired) electrons. The van der Waals surface area contributed by atoms with Crippen LogP contribution < -0.4 is 4.72 Å². The summed E-state index contributed by atoms with van der Waals surface area (Å²) < 4.78 is 25.5. The second-order valence-electron chi connectivity index (χ2n) is 4.07. The molecule has 0 aliphatic heterocycles. The molecule has 0 heterocycles. The number of hydrogen-bond donors (Lipinski definition) is 2. The SMILES string of the molecule is C=CCCCS(=O)(=O)N[C@H](C(=O)O)[C@@H](C)CC. The lowest BCUT2D eigenvalue weighted by molar-refractivity contribution is -0.140. The van der Waals surface area contributed by atoms with Gasteiger partial charge in [-0.25, -0.2) is 13.1 Å². The summed E-state index contributed by atoms with van der Waals surface area (Å²) >= 11 is 0. The predicted molar refractivity (Wildman–Crippen MR) is 67.2 cm³/mol. The summed E-state index contributed by atoms with van der Waals surface area (Å²) in [5.41, 5.74) is 0. The molecule has 0 spiro atoms. The standard InChI is InChI=1S/C11H21NO4S/c1-4-6-7-8-17(15,16)12-10(11(13)14)9(3)5-2/h4,9-10,12H,1,5-8H2,2-3H3,(H,13,14)/t9-,10-/m0/s1. The van der Waals surface area contributed by atoms with Gasteiger partial charge in [0.1, 0.15) is 6.04 Å². The van der Waals surface area contributed by atoms with Crippen molar-refractivity contribution in [3.05, 3.63) is 12.7 Å². The van der Waals surface area contributed by atoms with Crippen LogP contribution in [0.4, 0.5) is 0 Å². The van der Waals surface area contributed by atoms with Crippen molar-refractivity contribution in [2.24, 2.45) is 5.92 Å². The molecule has 0 aliphatic rings. The molecule has 5 nitrogen and oxygen atoms in total. The number of unbranched alkanes of at least 4 members (excludes halogenated alkanes) is 1. The Labute approximate surface area is 103 Å². The fourth-order valence-corrected chi connectivity index (χ4v) is 2.70. The molecule has 100 valence electrons. The normalized spacial score (nSPS) is 15.2. The van der Waals surface area contributed by atoms with Crippen molar-refractivity contribution in [2.45, 2.75) is 39.2 Å². The molecule has 0 rings (SSSR count). The Morgan fingerprint density at radius 1 is 1.53 bits per heavy atom. The van der Waals surface area contributed by atoms with Gasteiger partial charge in [0.05, 0.1) is 5.75 Å². The predicted octanol–water partition coefficient (Wildman–Crippen LogP) is 1.37. The van der Waals surface area contributed by atoms with E-state index in [0.29, 0.717) is 19.3 Å². The fourth-order valence-electron chi connectivity index (χ4n) is 1.32. The third-order valence-electron chi connectivity index (χ3n) is 2.61. The highest BCUT2D eigenvalue weighted by atomic mass is 32.2. The van der Waals surface area contributed by atoms with Crippen LogP contribution in [0.15, 0.2) is 12.7 Å². The van der Waals surface area contributed by atoms with Crippen molar-refractivity contribution >= 4 is 16.0 Å². The minimum absolute atomic E-state index is 0.0702. The van der Waals surface area contributed by atoms with Crippen LogP contribution in [0.25, 0.3) is 0 Å². The first-order chi connectivity index (χ1) is 7.84. The highest BCUT2D eigenvalue weighted by molar-refractivity contribution is 7.89. The van der Waals surface area contributed by atoms with E-state index in [9.17, 15) is 13.2 Å². The van der Waals surface area contributed by atoms with Gasteiger partial charge in [-0.15, -0.1) is 6.58 Å². The average Bonchev–Trinajstić information content (AvgIpc) is 2.25. The van der Waals surface area contributed by atoms with Gasteiger partial charge in [0.25, 0.3) is 0 Å². The van der Waals surface area contributed by atoms with Gasteiger partial charge in [-0.05, 0) is 18.8 Å². The van der Waals surface area contributed by atoms with Crippen LogP contribution in [0.1, 0.15) is 33.1 Å². The first-order valence-electron chi connectivity index (χ1n) is 5.67. The summed E-state index contributed by atoms with van der Waals surface area (Å²) in [5, 5.41) is 8.97. The molecular weight excluding hydrogens is 242 g/mol. The van der Waals surface area contributed by atoms with Crippen LogP contribution in [0.5, 0.6) is 0 Å². The quantitative estimate of drug-likeness (QED) is 0.486. The lowest BCUT2D eigenvalue weighted by Gasteiger charge is -2.19. The van der Waals surface area contributed by atoms with Gasteiger partial charge in [-0.3, -0.25) is 4.79 Å². The first-order valence-corrected chi connectivity index (χ1v) is 7.33. The number of sulfonamides is 1. The van der Waals surface area contributed by atoms with Gasteiger partial charge < -0.3 is 5.11 Å². The molecule has 0 fully saturated rings. The summed E-state index contributed by atoms with van der Waals surface area (Å²) in [7, 11) is -3.53. The molecule has 0 saturated carbocycles. The molecular formula is C11H21NO4S. The molecule has 17 heavy (non-hydrogen) atoms. The summed E-state index contributed by atoms with van der Waals surface area (Å²) in [4.78, 5) is 11.0. The molecule has 0 aromatic rings. The van der Waals surface area contributed by atoms with Crippen LogP contribution in [0, 0.1) is 5.92 Å². The number of rotatable bonds is 9. The molecule has 0 unspecified atom stereocenters. The van der Waals surface area contributed by atoms with E-state index in [1.807, 2.05) is 6.92 Å². The summed E-state index contributed by atoms with van der Waals surface area (Å²) in [5.74, 6) is -1.44. The number of carboxylic acid groups (broad SMARTS) is 1. The van der Waals surface area contributed by atoms with Crippen LogP contribution in [-0.4, -0.2) is 31.3 Å². The van der Waals surface area contributed by atoms with Crippen molar-refractivity contribution in [2.75, 3.05) is 5.75 Å². The van der Waals surface area contributed by atoms with E-state index in [0.717, 1.165) is 0 Å². The number of aliphatic carboxylic acids is 1. The van der Waals surface area contributed by atoms with Gasteiger partial charge in [-0.2, -0.15) is 0 Å². The van der Waals surface area contributed by atoms with E-state index in [1.165, 1.54) is 0 Å². The van der Waals surface area contributed by atoms with E-state index >= 15 is 0 Å². The Hall–Kier alpha value is -0.880. The van der Waals surface area contributed by atoms with Crippen molar-refractivity contribution < 1.29 is 18.3 Å². The van der Waals surface area contributed by atoms with Gasteiger partial charge in [0, 0.05) is 0 Å². The molecule has 0 aromatic heterocycles. The lowest BCUT2D eigenvalue weighted by Crippen LogP contribution is -2.45. The maximum atomic E-state index is 11.6. The van der Waals surface area contributed by atoms with Crippen molar-refractivity contribution in [3.8, 4) is 0 Å². The van der Waals surface area contributed by atoms with Gasteiger partial charge >= 0.3 is 5.97 Å². The van der Waals surface area contributed by atoms with E-state index < -0.39 is 22.0 Å². The van der Waals surface area contributed by atoms with Crippen molar-refractivity contribution in [3.63, 3.8) is 0 Å². The number of allylic oxidation sites excluding steroid dienone is 1. The van der Waals surface area contributed by atoms with Crippen LogP contribution in [-0.2, 0) is 14.8 Å². The molecule has 0 aliphatic carbocycles. The fraction of sp³-hybridized carbons (Fsp3) is 0.727. The molecule has 2 N–H and O–H groups in total. The van der Waals surface area contributed by atoms with Crippen LogP contribution in [0.3, 0.4) is 0 Å². The lowest BCUT2D eigenvalue weighted by atomic mass is 10.0. The van der Waals surface area contributed by atoms with E-state index in [1.54, 1.807) is 13.0 Å².